The standard InChI is InChI=1S/C12H14N2OS2/c1-15-9-2-3-11-10(6-9)13-12(16)14(11)8-4-5-17-7-8/h2-3,6,8H,4-5,7H2,1H3,(H,13,16). The van der Waals surface area contributed by atoms with Gasteiger partial charge in [0.05, 0.1) is 18.1 Å². The van der Waals surface area contributed by atoms with E-state index in [2.05, 4.69) is 15.6 Å². The van der Waals surface area contributed by atoms with Crippen LogP contribution in [0.25, 0.3) is 11.0 Å². The zero-order chi connectivity index (χ0) is 11.8. The number of aromatic amines is 1. The molecule has 5 heteroatoms. The minimum atomic E-state index is 0.537. The molecule has 3 nitrogen and oxygen atoms in total. The summed E-state index contributed by atoms with van der Waals surface area (Å²) >= 11 is 7.43. The lowest BCUT2D eigenvalue weighted by Crippen LogP contribution is -2.07. The SMILES string of the molecule is COc1ccc2c(c1)[nH]c(=S)n2C1CCSC1. The second-order valence-corrected chi connectivity index (χ2v) is 5.74. The van der Waals surface area contributed by atoms with Crippen molar-refractivity contribution in [3.8, 4) is 5.75 Å². The molecule has 0 spiro atoms. The summed E-state index contributed by atoms with van der Waals surface area (Å²) in [6.07, 6.45) is 1.21. The van der Waals surface area contributed by atoms with Crippen molar-refractivity contribution in [2.75, 3.05) is 18.6 Å². The zero-order valence-electron chi connectivity index (χ0n) is 9.60. The monoisotopic (exact) mass is 266 g/mol. The van der Waals surface area contributed by atoms with Crippen LogP contribution in [0.15, 0.2) is 18.2 Å². The smallest absolute Gasteiger partial charge is 0.178 e. The van der Waals surface area contributed by atoms with Crippen LogP contribution in [0.5, 0.6) is 5.75 Å². The number of hydrogen-bond acceptors (Lipinski definition) is 3. The van der Waals surface area contributed by atoms with Crippen molar-refractivity contribution in [2.45, 2.75) is 12.5 Å². The maximum Gasteiger partial charge on any atom is 0.178 e. The largest absolute Gasteiger partial charge is 0.497 e. The first-order valence-corrected chi connectivity index (χ1v) is 7.22. The third-order valence-electron chi connectivity index (χ3n) is 3.19. The Morgan fingerprint density at radius 1 is 1.53 bits per heavy atom. The van der Waals surface area contributed by atoms with E-state index in [-0.39, 0.29) is 0 Å². The fourth-order valence-corrected chi connectivity index (χ4v) is 3.88. The predicted molar refractivity (Wildman–Crippen MR) is 74.7 cm³/mol. The Hall–Kier alpha value is -0.940. The Morgan fingerprint density at radius 2 is 2.41 bits per heavy atom. The fourth-order valence-electron chi connectivity index (χ4n) is 2.33. The highest BCUT2D eigenvalue weighted by molar-refractivity contribution is 7.99. The first-order valence-electron chi connectivity index (χ1n) is 5.65. The molecule has 1 aromatic heterocycles. The van der Waals surface area contributed by atoms with E-state index in [0.29, 0.717) is 6.04 Å². The van der Waals surface area contributed by atoms with Crippen LogP contribution in [0.1, 0.15) is 12.5 Å². The van der Waals surface area contributed by atoms with Crippen LogP contribution in [-0.4, -0.2) is 28.2 Å². The molecule has 1 unspecified atom stereocenters. The normalized spacial score (nSPS) is 19.9. The minimum Gasteiger partial charge on any atom is -0.497 e. The van der Waals surface area contributed by atoms with E-state index in [9.17, 15) is 0 Å². The Labute approximate surface area is 109 Å². The van der Waals surface area contributed by atoms with Crippen molar-refractivity contribution in [1.82, 2.24) is 9.55 Å². The van der Waals surface area contributed by atoms with Gasteiger partial charge in [-0.15, -0.1) is 0 Å². The van der Waals surface area contributed by atoms with Gasteiger partial charge in [-0.05, 0) is 36.5 Å². The summed E-state index contributed by atoms with van der Waals surface area (Å²) in [5, 5.41) is 0. The molecule has 90 valence electrons. The van der Waals surface area contributed by atoms with Crippen molar-refractivity contribution in [3.05, 3.63) is 23.0 Å². The Morgan fingerprint density at radius 3 is 3.12 bits per heavy atom. The average Bonchev–Trinajstić information content (AvgIpc) is 2.93. The van der Waals surface area contributed by atoms with Crippen LogP contribution in [0, 0.1) is 4.77 Å². The first-order chi connectivity index (χ1) is 8.29. The molecule has 1 N–H and O–H groups in total. The van der Waals surface area contributed by atoms with E-state index in [1.54, 1.807) is 7.11 Å². The Kier molecular flexibility index (Phi) is 2.88. The number of H-pyrrole nitrogens is 1. The number of aromatic nitrogens is 2. The van der Waals surface area contributed by atoms with Gasteiger partial charge in [-0.2, -0.15) is 11.8 Å². The Bertz CT molecular complexity index is 596. The van der Waals surface area contributed by atoms with Gasteiger partial charge in [0.25, 0.3) is 0 Å². The third kappa shape index (κ3) is 1.87. The maximum absolute atomic E-state index is 5.43. The molecule has 2 heterocycles. The molecular weight excluding hydrogens is 252 g/mol. The van der Waals surface area contributed by atoms with E-state index in [1.807, 2.05) is 23.9 Å². The molecule has 3 rings (SSSR count). The first kappa shape index (κ1) is 11.2. The van der Waals surface area contributed by atoms with Gasteiger partial charge in [0.2, 0.25) is 0 Å². The molecule has 0 aliphatic carbocycles. The second-order valence-electron chi connectivity index (χ2n) is 4.20. The molecule has 1 fully saturated rings. The van der Waals surface area contributed by atoms with Crippen LogP contribution < -0.4 is 4.74 Å². The van der Waals surface area contributed by atoms with Crippen molar-refractivity contribution in [2.24, 2.45) is 0 Å². The number of rotatable bonds is 2. The summed E-state index contributed by atoms with van der Waals surface area (Å²) < 4.78 is 8.30. The second kappa shape index (κ2) is 4.38. The molecule has 1 aliphatic heterocycles. The van der Waals surface area contributed by atoms with Gasteiger partial charge in [0, 0.05) is 17.9 Å². The third-order valence-corrected chi connectivity index (χ3v) is 4.64. The topological polar surface area (TPSA) is 29.9 Å². The van der Waals surface area contributed by atoms with E-state index < -0.39 is 0 Å². The number of nitrogens with zero attached hydrogens (tertiary/aromatic N) is 1. The highest BCUT2D eigenvalue weighted by atomic mass is 32.2. The van der Waals surface area contributed by atoms with Crippen LogP contribution in [0.4, 0.5) is 0 Å². The van der Waals surface area contributed by atoms with E-state index in [1.165, 1.54) is 17.7 Å². The summed E-state index contributed by atoms with van der Waals surface area (Å²) in [6, 6.07) is 6.62. The molecule has 1 aromatic carbocycles. The van der Waals surface area contributed by atoms with E-state index in [4.69, 9.17) is 17.0 Å². The van der Waals surface area contributed by atoms with Gasteiger partial charge in [-0.25, -0.2) is 0 Å². The van der Waals surface area contributed by atoms with E-state index in [0.717, 1.165) is 21.8 Å². The van der Waals surface area contributed by atoms with Gasteiger partial charge in [0.1, 0.15) is 5.75 Å². The number of nitrogens with one attached hydrogen (secondary N) is 1. The van der Waals surface area contributed by atoms with Gasteiger partial charge >= 0.3 is 0 Å². The molecular formula is C12H14N2OS2. The highest BCUT2D eigenvalue weighted by Gasteiger charge is 2.20. The molecule has 1 saturated heterocycles. The number of fused-ring (bicyclic) bond motifs is 1. The molecule has 0 amide bonds. The number of benzene rings is 1. The number of thioether (sulfide) groups is 1. The average molecular weight is 266 g/mol. The molecule has 2 aromatic rings. The van der Waals surface area contributed by atoms with Gasteiger partial charge < -0.3 is 14.3 Å². The predicted octanol–water partition coefficient (Wildman–Crippen LogP) is 3.39. The van der Waals surface area contributed by atoms with Crippen LogP contribution in [-0.2, 0) is 0 Å². The molecule has 0 saturated carbocycles. The van der Waals surface area contributed by atoms with Gasteiger partial charge in [-0.3, -0.25) is 0 Å². The highest BCUT2D eigenvalue weighted by Crippen LogP contribution is 2.32. The van der Waals surface area contributed by atoms with Crippen molar-refractivity contribution >= 4 is 35.0 Å². The maximum atomic E-state index is 5.43. The molecule has 17 heavy (non-hydrogen) atoms. The Balaban J connectivity index is 2.17. The van der Waals surface area contributed by atoms with Crippen molar-refractivity contribution in [3.63, 3.8) is 0 Å². The minimum absolute atomic E-state index is 0.537. The molecule has 1 aliphatic rings. The van der Waals surface area contributed by atoms with Crippen molar-refractivity contribution in [1.29, 1.82) is 0 Å². The summed E-state index contributed by atoms with van der Waals surface area (Å²) in [6.45, 7) is 0. The number of ether oxygens (including phenoxy) is 1. The van der Waals surface area contributed by atoms with Crippen LogP contribution >= 0.6 is 24.0 Å². The lowest BCUT2D eigenvalue weighted by molar-refractivity contribution is 0.415. The number of methoxy groups -OCH3 is 1. The van der Waals surface area contributed by atoms with Gasteiger partial charge in [-0.1, -0.05) is 0 Å². The van der Waals surface area contributed by atoms with Gasteiger partial charge in [0.15, 0.2) is 4.77 Å². The molecule has 0 bridgehead atoms. The fraction of sp³-hybridized carbons (Fsp3) is 0.417. The number of hydrogen-bond donors (Lipinski definition) is 1. The summed E-state index contributed by atoms with van der Waals surface area (Å²) in [4.78, 5) is 3.27. The van der Waals surface area contributed by atoms with E-state index >= 15 is 0 Å². The molecule has 1 atom stereocenters. The summed E-state index contributed by atoms with van der Waals surface area (Å²) in [7, 11) is 1.68. The van der Waals surface area contributed by atoms with Crippen LogP contribution in [0.2, 0.25) is 0 Å². The lowest BCUT2D eigenvalue weighted by atomic mass is 10.2. The molecule has 0 radical (unpaired) electrons. The number of imidazole rings is 1. The summed E-state index contributed by atoms with van der Waals surface area (Å²) in [5.74, 6) is 3.25. The quantitative estimate of drug-likeness (QED) is 0.845. The zero-order valence-corrected chi connectivity index (χ0v) is 11.2. The summed E-state index contributed by atoms with van der Waals surface area (Å²) in [5.41, 5.74) is 2.24. The van der Waals surface area contributed by atoms with Crippen LogP contribution in [0.3, 0.4) is 0 Å². The lowest BCUT2D eigenvalue weighted by Gasteiger charge is -2.11. The van der Waals surface area contributed by atoms with Crippen molar-refractivity contribution < 1.29 is 4.74 Å².